The summed E-state index contributed by atoms with van der Waals surface area (Å²) in [5.41, 5.74) is 0. The van der Waals surface area contributed by atoms with Crippen molar-refractivity contribution in [1.82, 2.24) is 10.3 Å². The molecule has 2 heterocycles. The smallest absolute Gasteiger partial charge is 0.144 e. The second kappa shape index (κ2) is 5.33. The van der Waals surface area contributed by atoms with Crippen molar-refractivity contribution in [2.45, 2.75) is 12.8 Å². The van der Waals surface area contributed by atoms with Crippen LogP contribution in [-0.2, 0) is 0 Å². The van der Waals surface area contributed by atoms with Gasteiger partial charge in [0.25, 0.3) is 0 Å². The van der Waals surface area contributed by atoms with E-state index in [1.54, 1.807) is 6.20 Å². The molecule has 1 aliphatic heterocycles. The molecule has 4 heteroatoms. The molecule has 82 valence electrons. The van der Waals surface area contributed by atoms with E-state index in [4.69, 9.17) is 11.6 Å². The molecule has 2 rings (SSSR count). The van der Waals surface area contributed by atoms with Gasteiger partial charge in [-0.2, -0.15) is 0 Å². The fourth-order valence-corrected chi connectivity index (χ4v) is 2.06. The first-order valence-corrected chi connectivity index (χ1v) is 5.79. The number of aromatic nitrogens is 1. The minimum Gasteiger partial charge on any atom is -0.369 e. The van der Waals surface area contributed by atoms with Gasteiger partial charge in [-0.1, -0.05) is 11.6 Å². The van der Waals surface area contributed by atoms with Crippen LogP contribution in [0.5, 0.6) is 0 Å². The molecule has 0 bridgehead atoms. The third-order valence-corrected chi connectivity index (χ3v) is 3.07. The molecule has 0 amide bonds. The molecule has 0 spiro atoms. The first-order chi connectivity index (χ1) is 7.36. The van der Waals surface area contributed by atoms with E-state index in [9.17, 15) is 0 Å². The van der Waals surface area contributed by atoms with Gasteiger partial charge in [-0.25, -0.2) is 4.98 Å². The van der Waals surface area contributed by atoms with Crippen molar-refractivity contribution in [3.63, 3.8) is 0 Å². The average Bonchev–Trinajstić information content (AvgIpc) is 2.74. The van der Waals surface area contributed by atoms with E-state index >= 15 is 0 Å². The van der Waals surface area contributed by atoms with Crippen LogP contribution in [0, 0.1) is 5.92 Å². The number of halogens is 1. The van der Waals surface area contributed by atoms with Gasteiger partial charge in [0.1, 0.15) is 5.82 Å². The molecule has 15 heavy (non-hydrogen) atoms. The molecule has 1 saturated heterocycles. The minimum absolute atomic E-state index is 0.696. The van der Waals surface area contributed by atoms with Gasteiger partial charge < -0.3 is 10.6 Å². The molecular weight excluding hydrogens is 210 g/mol. The highest BCUT2D eigenvalue weighted by Gasteiger charge is 2.13. The molecule has 1 atom stereocenters. The molecule has 3 nitrogen and oxygen atoms in total. The van der Waals surface area contributed by atoms with Crippen molar-refractivity contribution >= 4 is 17.4 Å². The van der Waals surface area contributed by atoms with E-state index in [1.165, 1.54) is 12.8 Å². The van der Waals surface area contributed by atoms with Crippen LogP contribution >= 0.6 is 11.6 Å². The van der Waals surface area contributed by atoms with E-state index in [-0.39, 0.29) is 0 Å². The largest absolute Gasteiger partial charge is 0.369 e. The summed E-state index contributed by atoms with van der Waals surface area (Å²) in [5.74, 6) is 1.60. The average molecular weight is 226 g/mol. The van der Waals surface area contributed by atoms with Crippen LogP contribution in [0.2, 0.25) is 5.02 Å². The van der Waals surface area contributed by atoms with Gasteiger partial charge in [0.05, 0.1) is 5.02 Å². The Morgan fingerprint density at radius 1 is 1.60 bits per heavy atom. The monoisotopic (exact) mass is 225 g/mol. The fraction of sp³-hybridized carbons (Fsp3) is 0.545. The van der Waals surface area contributed by atoms with Crippen molar-refractivity contribution in [2.75, 3.05) is 25.0 Å². The minimum atomic E-state index is 0.696. The number of nitrogens with zero attached hydrogens (tertiary/aromatic N) is 1. The first-order valence-electron chi connectivity index (χ1n) is 5.41. The van der Waals surface area contributed by atoms with Crippen LogP contribution in [0.3, 0.4) is 0 Å². The number of nitrogens with one attached hydrogen (secondary N) is 2. The molecule has 0 saturated carbocycles. The van der Waals surface area contributed by atoms with Crippen molar-refractivity contribution in [3.05, 3.63) is 23.4 Å². The van der Waals surface area contributed by atoms with Gasteiger partial charge in [0, 0.05) is 12.7 Å². The normalized spacial score (nSPS) is 20.5. The van der Waals surface area contributed by atoms with Crippen molar-refractivity contribution in [1.29, 1.82) is 0 Å². The predicted molar refractivity (Wildman–Crippen MR) is 63.3 cm³/mol. The third-order valence-electron chi connectivity index (χ3n) is 2.77. The van der Waals surface area contributed by atoms with Crippen LogP contribution in [0.25, 0.3) is 0 Å². The van der Waals surface area contributed by atoms with Gasteiger partial charge in [0.2, 0.25) is 0 Å². The maximum atomic E-state index is 5.98. The summed E-state index contributed by atoms with van der Waals surface area (Å²) in [7, 11) is 0. The second-order valence-corrected chi connectivity index (χ2v) is 4.32. The molecule has 0 radical (unpaired) electrons. The highest BCUT2D eigenvalue weighted by Crippen LogP contribution is 2.18. The maximum Gasteiger partial charge on any atom is 0.144 e. The summed E-state index contributed by atoms with van der Waals surface area (Å²) in [5, 5.41) is 7.33. The molecule has 0 aliphatic carbocycles. The quantitative estimate of drug-likeness (QED) is 0.825. The molecule has 1 aliphatic rings. The Morgan fingerprint density at radius 3 is 3.27 bits per heavy atom. The Kier molecular flexibility index (Phi) is 3.80. The summed E-state index contributed by atoms with van der Waals surface area (Å²) in [6.45, 7) is 3.26. The first kappa shape index (κ1) is 10.7. The predicted octanol–water partition coefficient (Wildman–Crippen LogP) is 2.15. The summed E-state index contributed by atoms with van der Waals surface area (Å²) < 4.78 is 0. The lowest BCUT2D eigenvalue weighted by atomic mass is 10.1. The lowest BCUT2D eigenvalue weighted by molar-refractivity contribution is 0.549. The van der Waals surface area contributed by atoms with E-state index in [0.29, 0.717) is 5.02 Å². The lowest BCUT2D eigenvalue weighted by Gasteiger charge is -2.10. The maximum absolute atomic E-state index is 5.98. The number of hydrogen-bond donors (Lipinski definition) is 2. The molecule has 1 unspecified atom stereocenters. The van der Waals surface area contributed by atoms with Crippen molar-refractivity contribution < 1.29 is 0 Å². The summed E-state index contributed by atoms with van der Waals surface area (Å²) in [4.78, 5) is 4.18. The van der Waals surface area contributed by atoms with E-state index in [2.05, 4.69) is 15.6 Å². The zero-order chi connectivity index (χ0) is 10.5. The zero-order valence-corrected chi connectivity index (χ0v) is 9.43. The van der Waals surface area contributed by atoms with E-state index < -0.39 is 0 Å². The third kappa shape index (κ3) is 3.08. The molecule has 2 N–H and O–H groups in total. The van der Waals surface area contributed by atoms with Crippen LogP contribution < -0.4 is 10.6 Å². The standard InChI is InChI=1S/C11H16ClN3/c12-10-2-1-5-14-11(10)15-7-4-9-3-6-13-8-9/h1-2,5,9,13H,3-4,6-8H2,(H,14,15). The van der Waals surface area contributed by atoms with Crippen LogP contribution in [0.4, 0.5) is 5.82 Å². The van der Waals surface area contributed by atoms with Gasteiger partial charge in [-0.15, -0.1) is 0 Å². The summed E-state index contributed by atoms with van der Waals surface area (Å²) >= 11 is 5.98. The number of anilines is 1. The van der Waals surface area contributed by atoms with Gasteiger partial charge in [-0.05, 0) is 44.0 Å². The topological polar surface area (TPSA) is 37.0 Å². The fourth-order valence-electron chi connectivity index (χ4n) is 1.87. The zero-order valence-electron chi connectivity index (χ0n) is 8.67. The van der Waals surface area contributed by atoms with Crippen LogP contribution in [0.15, 0.2) is 18.3 Å². The molecule has 1 fully saturated rings. The van der Waals surface area contributed by atoms with Crippen molar-refractivity contribution in [2.24, 2.45) is 5.92 Å². The van der Waals surface area contributed by atoms with Gasteiger partial charge in [0.15, 0.2) is 0 Å². The Hall–Kier alpha value is -0.800. The van der Waals surface area contributed by atoms with Gasteiger partial charge >= 0.3 is 0 Å². The van der Waals surface area contributed by atoms with Crippen LogP contribution in [-0.4, -0.2) is 24.6 Å². The van der Waals surface area contributed by atoms with E-state index in [0.717, 1.165) is 31.4 Å². The Labute approximate surface area is 95.2 Å². The molecule has 1 aromatic rings. The Bertz CT molecular complexity index is 310. The highest BCUT2D eigenvalue weighted by atomic mass is 35.5. The molecule has 1 aromatic heterocycles. The second-order valence-electron chi connectivity index (χ2n) is 3.91. The van der Waals surface area contributed by atoms with E-state index in [1.807, 2.05) is 12.1 Å². The number of hydrogen-bond acceptors (Lipinski definition) is 3. The summed E-state index contributed by atoms with van der Waals surface area (Å²) in [6, 6.07) is 3.70. The molecular formula is C11H16ClN3. The lowest BCUT2D eigenvalue weighted by Crippen LogP contribution is -2.13. The number of pyridine rings is 1. The Balaban J connectivity index is 1.75. The van der Waals surface area contributed by atoms with Gasteiger partial charge in [-0.3, -0.25) is 0 Å². The Morgan fingerprint density at radius 2 is 2.53 bits per heavy atom. The van der Waals surface area contributed by atoms with Crippen molar-refractivity contribution in [3.8, 4) is 0 Å². The highest BCUT2D eigenvalue weighted by molar-refractivity contribution is 6.32. The molecule has 0 aromatic carbocycles. The van der Waals surface area contributed by atoms with Crippen LogP contribution in [0.1, 0.15) is 12.8 Å². The summed E-state index contributed by atoms with van der Waals surface area (Å²) in [6.07, 6.45) is 4.23. The SMILES string of the molecule is Clc1cccnc1NCCC1CCNC1. The number of rotatable bonds is 4.